The van der Waals surface area contributed by atoms with Gasteiger partial charge in [0, 0.05) is 11.8 Å². The van der Waals surface area contributed by atoms with E-state index in [0.717, 1.165) is 16.9 Å². The van der Waals surface area contributed by atoms with E-state index < -0.39 is 0 Å². The molecule has 0 aliphatic heterocycles. The van der Waals surface area contributed by atoms with Gasteiger partial charge in [0.05, 0.1) is 0 Å². The van der Waals surface area contributed by atoms with Gasteiger partial charge >= 0.3 is 0 Å². The van der Waals surface area contributed by atoms with Gasteiger partial charge in [-0.3, -0.25) is 0 Å². The largest absolute Gasteiger partial charge is 0.488 e. The first-order valence-corrected chi connectivity index (χ1v) is 6.50. The smallest absolute Gasteiger partial charge is 0.129 e. The van der Waals surface area contributed by atoms with Gasteiger partial charge in [0.1, 0.15) is 18.2 Å². The molecule has 0 unspecified atom stereocenters. The highest BCUT2D eigenvalue weighted by atomic mass is 16.5. The average Bonchev–Trinajstić information content (AvgIpc) is 2.39. The number of nitrogens with two attached hydrogens (primary N) is 1. The van der Waals surface area contributed by atoms with E-state index in [4.69, 9.17) is 10.5 Å². The molecule has 0 atom stereocenters. The molecule has 2 N–H and O–H groups in total. The van der Waals surface area contributed by atoms with E-state index in [2.05, 4.69) is 37.0 Å². The molecule has 0 bridgehead atoms. The summed E-state index contributed by atoms with van der Waals surface area (Å²) in [5, 5.41) is 0. The molecule has 0 fully saturated rings. The number of aromatic nitrogens is 1. The maximum atomic E-state index is 5.87. The van der Waals surface area contributed by atoms with Crippen molar-refractivity contribution in [1.82, 2.24) is 4.98 Å². The molecule has 100 valence electrons. The number of ether oxygens (including phenoxy) is 1. The molecule has 1 aromatic heterocycles. The van der Waals surface area contributed by atoms with Gasteiger partial charge in [-0.15, -0.1) is 0 Å². The number of nitrogen functional groups attached to an aromatic ring is 1. The van der Waals surface area contributed by atoms with Crippen molar-refractivity contribution >= 4 is 5.82 Å². The third kappa shape index (κ3) is 3.25. The van der Waals surface area contributed by atoms with E-state index in [-0.39, 0.29) is 0 Å². The Hall–Kier alpha value is -2.03. The first-order valence-electron chi connectivity index (χ1n) is 6.50. The number of hydrogen-bond acceptors (Lipinski definition) is 3. The zero-order chi connectivity index (χ0) is 13.8. The molecule has 1 heterocycles. The van der Waals surface area contributed by atoms with Gasteiger partial charge in [-0.05, 0) is 36.1 Å². The fourth-order valence-corrected chi connectivity index (χ4v) is 1.86. The summed E-state index contributed by atoms with van der Waals surface area (Å²) in [6, 6.07) is 10.1. The molecule has 0 aliphatic rings. The Kier molecular flexibility index (Phi) is 4.05. The summed E-state index contributed by atoms with van der Waals surface area (Å²) >= 11 is 0. The zero-order valence-electron chi connectivity index (χ0n) is 11.7. The topological polar surface area (TPSA) is 48.1 Å². The first kappa shape index (κ1) is 13.4. The van der Waals surface area contributed by atoms with Crippen molar-refractivity contribution in [3.63, 3.8) is 0 Å². The predicted octanol–water partition coefficient (Wildman–Crippen LogP) is 3.67. The van der Waals surface area contributed by atoms with Crippen LogP contribution in [0.15, 0.2) is 36.5 Å². The predicted molar refractivity (Wildman–Crippen MR) is 78.2 cm³/mol. The molecular weight excluding hydrogens is 236 g/mol. The molecule has 0 aliphatic carbocycles. The van der Waals surface area contributed by atoms with Crippen LogP contribution in [0.1, 0.15) is 36.5 Å². The Morgan fingerprint density at radius 2 is 2.05 bits per heavy atom. The minimum absolute atomic E-state index is 0.446. The fraction of sp³-hybridized carbons (Fsp3) is 0.312. The van der Waals surface area contributed by atoms with E-state index >= 15 is 0 Å². The van der Waals surface area contributed by atoms with Gasteiger partial charge in [-0.1, -0.05) is 32.0 Å². The monoisotopic (exact) mass is 256 g/mol. The lowest BCUT2D eigenvalue weighted by molar-refractivity contribution is 0.304. The summed E-state index contributed by atoms with van der Waals surface area (Å²) in [6.07, 6.45) is 1.68. The van der Waals surface area contributed by atoms with Crippen LogP contribution in [0.5, 0.6) is 5.75 Å². The van der Waals surface area contributed by atoms with Crippen molar-refractivity contribution in [3.8, 4) is 5.75 Å². The minimum Gasteiger partial charge on any atom is -0.488 e. The molecule has 19 heavy (non-hydrogen) atoms. The second-order valence-corrected chi connectivity index (χ2v) is 5.02. The molecular formula is C16H20N2O. The van der Waals surface area contributed by atoms with Crippen LogP contribution in [0, 0.1) is 6.92 Å². The van der Waals surface area contributed by atoms with Crippen LogP contribution in [0.25, 0.3) is 0 Å². The van der Waals surface area contributed by atoms with Gasteiger partial charge < -0.3 is 10.5 Å². The maximum Gasteiger partial charge on any atom is 0.129 e. The minimum atomic E-state index is 0.446. The number of rotatable bonds is 4. The Morgan fingerprint density at radius 1 is 1.26 bits per heavy atom. The van der Waals surface area contributed by atoms with E-state index in [1.807, 2.05) is 19.1 Å². The molecule has 2 rings (SSSR count). The van der Waals surface area contributed by atoms with Crippen molar-refractivity contribution in [2.45, 2.75) is 33.3 Å². The molecule has 0 saturated carbocycles. The van der Waals surface area contributed by atoms with Crippen molar-refractivity contribution in [1.29, 1.82) is 0 Å². The standard InChI is InChI=1S/C16H20N2O/c1-11(2)13-7-6-12(3)15(9-13)19-10-14-5-4-8-18-16(14)17/h4-9,11H,10H2,1-3H3,(H2,17,18). The van der Waals surface area contributed by atoms with Crippen LogP contribution in [-0.4, -0.2) is 4.98 Å². The fourth-order valence-electron chi connectivity index (χ4n) is 1.86. The molecule has 3 heteroatoms. The van der Waals surface area contributed by atoms with Gasteiger partial charge in [0.15, 0.2) is 0 Å². The highest BCUT2D eigenvalue weighted by Gasteiger charge is 2.06. The number of benzene rings is 1. The highest BCUT2D eigenvalue weighted by molar-refractivity contribution is 5.40. The van der Waals surface area contributed by atoms with Gasteiger partial charge in [-0.2, -0.15) is 0 Å². The SMILES string of the molecule is Cc1ccc(C(C)C)cc1OCc1cccnc1N. The summed E-state index contributed by atoms with van der Waals surface area (Å²) in [6.45, 7) is 6.84. The van der Waals surface area contributed by atoms with Crippen molar-refractivity contribution < 1.29 is 4.74 Å². The quantitative estimate of drug-likeness (QED) is 0.907. The molecule has 0 radical (unpaired) electrons. The van der Waals surface area contributed by atoms with E-state index in [9.17, 15) is 0 Å². The summed E-state index contributed by atoms with van der Waals surface area (Å²) in [4.78, 5) is 4.06. The van der Waals surface area contributed by atoms with Gasteiger partial charge in [0.2, 0.25) is 0 Å². The molecule has 2 aromatic rings. The van der Waals surface area contributed by atoms with Crippen LogP contribution in [0.4, 0.5) is 5.82 Å². The van der Waals surface area contributed by atoms with E-state index in [1.165, 1.54) is 5.56 Å². The van der Waals surface area contributed by atoms with Crippen LogP contribution in [0.2, 0.25) is 0 Å². The molecule has 1 aromatic carbocycles. The molecule has 0 amide bonds. The van der Waals surface area contributed by atoms with E-state index in [1.54, 1.807) is 6.20 Å². The summed E-state index contributed by atoms with van der Waals surface area (Å²) < 4.78 is 5.87. The molecule has 3 nitrogen and oxygen atoms in total. The third-order valence-electron chi connectivity index (χ3n) is 3.19. The van der Waals surface area contributed by atoms with Crippen molar-refractivity contribution in [3.05, 3.63) is 53.2 Å². The molecule has 0 saturated heterocycles. The van der Waals surface area contributed by atoms with Crippen LogP contribution in [-0.2, 0) is 6.61 Å². The first-order chi connectivity index (χ1) is 9.08. The van der Waals surface area contributed by atoms with Crippen LogP contribution in [0.3, 0.4) is 0 Å². The number of anilines is 1. The summed E-state index contributed by atoms with van der Waals surface area (Å²) in [7, 11) is 0. The number of pyridine rings is 1. The van der Waals surface area contributed by atoms with E-state index in [0.29, 0.717) is 18.3 Å². The number of hydrogen-bond donors (Lipinski definition) is 1. The number of nitrogens with zero attached hydrogens (tertiary/aromatic N) is 1. The van der Waals surface area contributed by atoms with Crippen molar-refractivity contribution in [2.75, 3.05) is 5.73 Å². The third-order valence-corrected chi connectivity index (χ3v) is 3.19. The Labute approximate surface area is 114 Å². The summed E-state index contributed by atoms with van der Waals surface area (Å²) in [5.41, 5.74) is 9.13. The normalized spacial score (nSPS) is 10.7. The Bertz CT molecular complexity index is 564. The Balaban J connectivity index is 2.15. The highest BCUT2D eigenvalue weighted by Crippen LogP contribution is 2.25. The number of aryl methyl sites for hydroxylation is 1. The molecule has 0 spiro atoms. The summed E-state index contributed by atoms with van der Waals surface area (Å²) in [5.74, 6) is 1.93. The van der Waals surface area contributed by atoms with Crippen LogP contribution >= 0.6 is 0 Å². The maximum absolute atomic E-state index is 5.87. The lowest BCUT2D eigenvalue weighted by atomic mass is 10.0. The van der Waals surface area contributed by atoms with Crippen LogP contribution < -0.4 is 10.5 Å². The van der Waals surface area contributed by atoms with Crippen molar-refractivity contribution in [2.24, 2.45) is 0 Å². The van der Waals surface area contributed by atoms with Gasteiger partial charge in [0.25, 0.3) is 0 Å². The second-order valence-electron chi connectivity index (χ2n) is 5.02. The lowest BCUT2D eigenvalue weighted by Crippen LogP contribution is -2.03. The lowest BCUT2D eigenvalue weighted by Gasteiger charge is -2.13. The van der Waals surface area contributed by atoms with Gasteiger partial charge in [-0.25, -0.2) is 4.98 Å². The second kappa shape index (κ2) is 5.74. The average molecular weight is 256 g/mol. The Morgan fingerprint density at radius 3 is 2.74 bits per heavy atom. The zero-order valence-corrected chi connectivity index (χ0v) is 11.7.